The van der Waals surface area contributed by atoms with Gasteiger partial charge in [0.1, 0.15) is 6.04 Å². The third kappa shape index (κ3) is 8.18. The Kier molecular flexibility index (Phi) is 9.81. The van der Waals surface area contributed by atoms with Gasteiger partial charge in [-0.15, -0.1) is 0 Å². The van der Waals surface area contributed by atoms with E-state index in [-0.39, 0.29) is 12.0 Å². The number of carboxylic acids is 1. The molecule has 0 saturated heterocycles. The lowest BCUT2D eigenvalue weighted by molar-refractivity contribution is -0.148. The summed E-state index contributed by atoms with van der Waals surface area (Å²) in [4.78, 5) is 37.8. The second-order valence-electron chi connectivity index (χ2n) is 6.53. The molecular formula is C19H27NO7S. The van der Waals surface area contributed by atoms with Gasteiger partial charge in [-0.2, -0.15) is 8.42 Å². The summed E-state index contributed by atoms with van der Waals surface area (Å²) in [7, 11) is -4.44. The zero-order valence-corrected chi connectivity index (χ0v) is 16.7. The zero-order valence-electron chi connectivity index (χ0n) is 15.9. The van der Waals surface area contributed by atoms with Crippen LogP contribution in [-0.4, -0.2) is 52.6 Å². The summed E-state index contributed by atoms with van der Waals surface area (Å²) in [6, 6.07) is 6.04. The van der Waals surface area contributed by atoms with Crippen LogP contribution in [0, 0.1) is 0 Å². The number of nitrogens with zero attached hydrogens (tertiary/aromatic N) is 1. The number of amides is 2. The van der Waals surface area contributed by atoms with Crippen LogP contribution in [0.3, 0.4) is 0 Å². The fourth-order valence-corrected chi connectivity index (χ4v) is 3.29. The van der Waals surface area contributed by atoms with Crippen LogP contribution < -0.4 is 0 Å². The Morgan fingerprint density at radius 3 is 2.18 bits per heavy atom. The molecule has 156 valence electrons. The molecule has 0 bridgehead atoms. The van der Waals surface area contributed by atoms with Crippen LogP contribution in [0.5, 0.6) is 0 Å². The highest BCUT2D eigenvalue weighted by Gasteiger charge is 2.35. The fraction of sp³-hybridized carbons (Fsp3) is 0.526. The quantitative estimate of drug-likeness (QED) is 0.398. The van der Waals surface area contributed by atoms with Crippen molar-refractivity contribution in [1.29, 1.82) is 0 Å². The van der Waals surface area contributed by atoms with Crippen molar-refractivity contribution >= 4 is 27.9 Å². The zero-order chi connectivity index (χ0) is 21.2. The number of hydrogen-bond acceptors (Lipinski definition) is 5. The summed E-state index contributed by atoms with van der Waals surface area (Å²) in [6.07, 6.45) is 3.65. The summed E-state index contributed by atoms with van der Waals surface area (Å²) >= 11 is 0. The van der Waals surface area contributed by atoms with Crippen molar-refractivity contribution in [1.82, 2.24) is 4.90 Å². The Hall–Kier alpha value is -2.26. The molecule has 0 saturated carbocycles. The molecule has 1 aromatic rings. The molecule has 0 aromatic heterocycles. The van der Waals surface area contributed by atoms with E-state index in [0.717, 1.165) is 25.7 Å². The molecule has 0 aliphatic rings. The molecule has 2 amide bonds. The first-order valence-electron chi connectivity index (χ1n) is 9.26. The Morgan fingerprint density at radius 1 is 1.04 bits per heavy atom. The lowest BCUT2D eigenvalue weighted by atomic mass is 10.1. The van der Waals surface area contributed by atoms with Crippen LogP contribution in [0.15, 0.2) is 30.3 Å². The lowest BCUT2D eigenvalue weighted by Gasteiger charge is -2.27. The Balaban J connectivity index is 3.05. The smallest absolute Gasteiger partial charge is 0.326 e. The molecule has 0 spiro atoms. The molecular weight excluding hydrogens is 386 g/mol. The van der Waals surface area contributed by atoms with Gasteiger partial charge in [-0.3, -0.25) is 19.0 Å². The van der Waals surface area contributed by atoms with E-state index in [0.29, 0.717) is 11.3 Å². The van der Waals surface area contributed by atoms with Crippen LogP contribution in [0.4, 0.5) is 0 Å². The van der Waals surface area contributed by atoms with Crippen LogP contribution in [0.1, 0.15) is 62.2 Å². The molecule has 0 aliphatic heterocycles. The van der Waals surface area contributed by atoms with E-state index in [4.69, 9.17) is 4.55 Å². The minimum atomic E-state index is -4.44. The van der Waals surface area contributed by atoms with Crippen molar-refractivity contribution in [3.63, 3.8) is 0 Å². The highest BCUT2D eigenvalue weighted by Crippen LogP contribution is 2.16. The number of carbonyl (C=O) groups is 3. The first-order chi connectivity index (χ1) is 13.2. The Bertz CT molecular complexity index is 762. The number of benzene rings is 1. The standard InChI is InChI=1S/C19H27NO7S/c1-2-3-4-5-9-12-17(21)20(18(22)15-10-7-6-8-11-15)16(19(23)24)13-14-28(25,26)27/h6-8,10-11,16H,2-5,9,12-14H2,1H3,(H,23,24)(H,25,26,27)/t16-/m0/s1. The third-order valence-corrected chi connectivity index (χ3v) is 5.00. The van der Waals surface area contributed by atoms with Gasteiger partial charge in [0.25, 0.3) is 16.0 Å². The first kappa shape index (κ1) is 23.8. The van der Waals surface area contributed by atoms with Crippen molar-refractivity contribution in [2.75, 3.05) is 5.75 Å². The number of unbranched alkanes of at least 4 members (excludes halogenated alkanes) is 4. The van der Waals surface area contributed by atoms with E-state index < -0.39 is 46.1 Å². The first-order valence-corrected chi connectivity index (χ1v) is 10.9. The van der Waals surface area contributed by atoms with E-state index >= 15 is 0 Å². The van der Waals surface area contributed by atoms with Gasteiger partial charge in [0.15, 0.2) is 0 Å². The van der Waals surface area contributed by atoms with Gasteiger partial charge in [-0.05, 0) is 25.0 Å². The van der Waals surface area contributed by atoms with Gasteiger partial charge < -0.3 is 5.11 Å². The lowest BCUT2D eigenvalue weighted by Crippen LogP contribution is -2.49. The molecule has 0 unspecified atom stereocenters. The summed E-state index contributed by atoms with van der Waals surface area (Å²) in [5, 5.41) is 9.50. The minimum Gasteiger partial charge on any atom is -0.480 e. The Labute approximate surface area is 165 Å². The molecule has 0 heterocycles. The number of aliphatic carboxylic acids is 1. The van der Waals surface area contributed by atoms with Gasteiger partial charge in [0, 0.05) is 12.0 Å². The third-order valence-electron chi connectivity index (χ3n) is 4.25. The second-order valence-corrected chi connectivity index (χ2v) is 8.10. The molecule has 1 aromatic carbocycles. The van der Waals surface area contributed by atoms with Crippen LogP contribution >= 0.6 is 0 Å². The molecule has 0 aliphatic carbocycles. The maximum atomic E-state index is 12.8. The summed E-state index contributed by atoms with van der Waals surface area (Å²) in [5.41, 5.74) is 0.125. The van der Waals surface area contributed by atoms with E-state index in [1.54, 1.807) is 18.2 Å². The van der Waals surface area contributed by atoms with Crippen LogP contribution in [0.25, 0.3) is 0 Å². The van der Waals surface area contributed by atoms with Crippen molar-refractivity contribution in [3.05, 3.63) is 35.9 Å². The molecule has 9 heteroatoms. The van der Waals surface area contributed by atoms with Crippen LogP contribution in [-0.2, 0) is 19.7 Å². The summed E-state index contributed by atoms with van der Waals surface area (Å²) in [6.45, 7) is 2.05. The average molecular weight is 413 g/mol. The number of hydrogen-bond donors (Lipinski definition) is 2. The molecule has 0 radical (unpaired) electrons. The van der Waals surface area contributed by atoms with Crippen molar-refractivity contribution in [2.45, 2.75) is 57.9 Å². The number of rotatable bonds is 12. The monoisotopic (exact) mass is 413 g/mol. The van der Waals surface area contributed by atoms with E-state index in [1.807, 2.05) is 0 Å². The Morgan fingerprint density at radius 2 is 1.64 bits per heavy atom. The normalized spacial score (nSPS) is 12.4. The van der Waals surface area contributed by atoms with E-state index in [1.165, 1.54) is 12.1 Å². The average Bonchev–Trinajstić information content (AvgIpc) is 2.64. The van der Waals surface area contributed by atoms with Crippen LogP contribution in [0.2, 0.25) is 0 Å². The minimum absolute atomic E-state index is 0.0159. The topological polar surface area (TPSA) is 129 Å². The molecule has 1 rings (SSSR count). The number of carbonyl (C=O) groups excluding carboxylic acids is 2. The van der Waals surface area contributed by atoms with Gasteiger partial charge in [0.2, 0.25) is 5.91 Å². The number of carboxylic acid groups (broad SMARTS) is 1. The fourth-order valence-electron chi connectivity index (χ4n) is 2.77. The van der Waals surface area contributed by atoms with E-state index in [9.17, 15) is 27.9 Å². The van der Waals surface area contributed by atoms with Gasteiger partial charge >= 0.3 is 5.97 Å². The molecule has 2 N–H and O–H groups in total. The predicted octanol–water partition coefficient (Wildman–Crippen LogP) is 2.75. The maximum absolute atomic E-state index is 12.8. The van der Waals surface area contributed by atoms with E-state index in [2.05, 4.69) is 6.92 Å². The second kappa shape index (κ2) is 11.6. The summed E-state index contributed by atoms with van der Waals surface area (Å²) in [5.74, 6) is -3.85. The highest BCUT2D eigenvalue weighted by atomic mass is 32.2. The SMILES string of the molecule is CCCCCCCC(=O)N(C(=O)c1ccccc1)[C@@H](CCS(=O)(=O)O)C(=O)O. The van der Waals surface area contributed by atoms with Gasteiger partial charge in [-0.25, -0.2) is 4.79 Å². The van der Waals surface area contributed by atoms with Crippen molar-refractivity contribution in [2.24, 2.45) is 0 Å². The largest absolute Gasteiger partial charge is 0.480 e. The molecule has 8 nitrogen and oxygen atoms in total. The van der Waals surface area contributed by atoms with Gasteiger partial charge in [0.05, 0.1) is 5.75 Å². The number of imide groups is 1. The highest BCUT2D eigenvalue weighted by molar-refractivity contribution is 7.85. The molecule has 0 fully saturated rings. The molecule has 1 atom stereocenters. The van der Waals surface area contributed by atoms with Gasteiger partial charge in [-0.1, -0.05) is 50.8 Å². The van der Waals surface area contributed by atoms with Crippen molar-refractivity contribution < 1.29 is 32.5 Å². The summed E-state index contributed by atoms with van der Waals surface area (Å²) < 4.78 is 31.0. The molecule has 28 heavy (non-hydrogen) atoms. The van der Waals surface area contributed by atoms with Crippen molar-refractivity contribution in [3.8, 4) is 0 Å². The maximum Gasteiger partial charge on any atom is 0.326 e. The predicted molar refractivity (Wildman–Crippen MR) is 103 cm³/mol.